The number of hydrogen-bond acceptors (Lipinski definition) is 4. The van der Waals surface area contributed by atoms with Gasteiger partial charge in [0.1, 0.15) is 5.82 Å². The lowest BCUT2D eigenvalue weighted by Crippen LogP contribution is -2.41. The molecule has 1 heterocycles. The fraction of sp³-hybridized carbons (Fsp3) is 0.192. The third-order valence-corrected chi connectivity index (χ3v) is 6.08. The van der Waals surface area contributed by atoms with Gasteiger partial charge in [-0.1, -0.05) is 42.5 Å². The zero-order valence-electron chi connectivity index (χ0n) is 18.9. The second-order valence-corrected chi connectivity index (χ2v) is 8.69. The zero-order chi connectivity index (χ0) is 24.2. The molecule has 0 unspecified atom stereocenters. The molecule has 0 fully saturated rings. The summed E-state index contributed by atoms with van der Waals surface area (Å²) in [5.74, 6) is -0.801. The first-order valence-electron chi connectivity index (χ1n) is 10.9. The van der Waals surface area contributed by atoms with Crippen molar-refractivity contribution in [3.8, 4) is 5.69 Å². The Labute approximate surface area is 201 Å². The highest BCUT2D eigenvalue weighted by atomic mass is 32.1. The number of likely N-dealkylation sites (N-methyl/N-ethyl adjacent to an activating group) is 1. The number of halogens is 1. The summed E-state index contributed by atoms with van der Waals surface area (Å²) < 4.78 is 15.4. The van der Waals surface area contributed by atoms with Crippen LogP contribution < -0.4 is 10.9 Å². The summed E-state index contributed by atoms with van der Waals surface area (Å²) in [6, 6.07) is 20.9. The minimum absolute atomic E-state index is 0.0516. The van der Waals surface area contributed by atoms with Crippen LogP contribution in [-0.2, 0) is 6.42 Å². The van der Waals surface area contributed by atoms with Gasteiger partial charge in [-0.2, -0.15) is 0 Å². The minimum atomic E-state index is -0.551. The van der Waals surface area contributed by atoms with Crippen LogP contribution in [0.1, 0.15) is 15.9 Å². The molecule has 4 rings (SSSR count). The van der Waals surface area contributed by atoms with Crippen molar-refractivity contribution in [3.63, 3.8) is 0 Å². The van der Waals surface area contributed by atoms with Gasteiger partial charge in [0.15, 0.2) is 4.77 Å². The Morgan fingerprint density at radius 3 is 2.50 bits per heavy atom. The lowest BCUT2D eigenvalue weighted by atomic mass is 10.0. The highest BCUT2D eigenvalue weighted by Crippen LogP contribution is 2.16. The molecule has 0 aliphatic heterocycles. The standard InChI is InChI=1S/C26H25FN4O2S/c1-30(2)19(14-17-8-4-3-5-9-17)16-28-24(32)18-12-13-20-22(15-18)29-26(34)31(25(20)33)23-11-7-6-10-21(23)27/h3-13,15,19H,14,16H2,1-2H3,(H,28,32)(H,29,34)/t19-/m0/s1. The predicted molar refractivity (Wildman–Crippen MR) is 135 cm³/mol. The number of aromatic amines is 1. The van der Waals surface area contributed by atoms with E-state index in [-0.39, 0.29) is 22.4 Å². The van der Waals surface area contributed by atoms with Crippen LogP contribution in [0.15, 0.2) is 77.6 Å². The number of amides is 1. The SMILES string of the molecule is CN(C)[C@H](CNC(=O)c1ccc2c(=O)n(-c3ccccc3F)c(=S)[nH]c2c1)Cc1ccccc1. The number of aromatic nitrogens is 2. The molecule has 6 nitrogen and oxygen atoms in total. The molecule has 0 aliphatic rings. The van der Waals surface area contributed by atoms with Crippen molar-refractivity contribution in [3.05, 3.63) is 105 Å². The van der Waals surface area contributed by atoms with E-state index in [0.717, 1.165) is 11.0 Å². The fourth-order valence-corrected chi connectivity index (χ4v) is 4.14. The summed E-state index contributed by atoms with van der Waals surface area (Å²) >= 11 is 5.33. The van der Waals surface area contributed by atoms with Gasteiger partial charge in [0.25, 0.3) is 11.5 Å². The quantitative estimate of drug-likeness (QED) is 0.394. The van der Waals surface area contributed by atoms with Crippen LogP contribution in [0.2, 0.25) is 0 Å². The fourth-order valence-electron chi connectivity index (χ4n) is 3.85. The van der Waals surface area contributed by atoms with Crippen LogP contribution in [0.5, 0.6) is 0 Å². The normalized spacial score (nSPS) is 12.1. The molecule has 0 spiro atoms. The maximum absolute atomic E-state index is 14.3. The van der Waals surface area contributed by atoms with Crippen LogP contribution in [0.4, 0.5) is 4.39 Å². The number of rotatable bonds is 7. The van der Waals surface area contributed by atoms with E-state index in [0.29, 0.717) is 23.0 Å². The largest absolute Gasteiger partial charge is 0.350 e. The Hall–Kier alpha value is -3.62. The monoisotopic (exact) mass is 476 g/mol. The van der Waals surface area contributed by atoms with E-state index in [9.17, 15) is 14.0 Å². The smallest absolute Gasteiger partial charge is 0.266 e. The van der Waals surface area contributed by atoms with Crippen molar-refractivity contribution >= 4 is 29.0 Å². The molecule has 1 aromatic heterocycles. The lowest BCUT2D eigenvalue weighted by Gasteiger charge is -2.25. The molecule has 0 aliphatic carbocycles. The van der Waals surface area contributed by atoms with Gasteiger partial charge < -0.3 is 15.2 Å². The molecular formula is C26H25FN4O2S. The van der Waals surface area contributed by atoms with Crippen molar-refractivity contribution < 1.29 is 9.18 Å². The van der Waals surface area contributed by atoms with Crippen LogP contribution in [-0.4, -0.2) is 47.0 Å². The number of nitrogens with zero attached hydrogens (tertiary/aromatic N) is 2. The molecule has 1 atom stereocenters. The molecule has 3 aromatic carbocycles. The zero-order valence-corrected chi connectivity index (χ0v) is 19.7. The number of benzene rings is 3. The summed E-state index contributed by atoms with van der Waals surface area (Å²) in [7, 11) is 3.97. The molecule has 0 bridgehead atoms. The van der Waals surface area contributed by atoms with Crippen molar-refractivity contribution in [1.29, 1.82) is 0 Å². The number of carbonyl (C=O) groups excluding carboxylic acids is 1. The van der Waals surface area contributed by atoms with Crippen LogP contribution in [0.25, 0.3) is 16.6 Å². The molecule has 0 saturated heterocycles. The first kappa shape index (κ1) is 23.5. The Balaban J connectivity index is 1.57. The van der Waals surface area contributed by atoms with Gasteiger partial charge in [0.05, 0.1) is 16.6 Å². The minimum Gasteiger partial charge on any atom is -0.350 e. The first-order valence-corrected chi connectivity index (χ1v) is 11.3. The second-order valence-electron chi connectivity index (χ2n) is 8.30. The van der Waals surface area contributed by atoms with E-state index in [4.69, 9.17) is 12.2 Å². The van der Waals surface area contributed by atoms with Gasteiger partial charge in [0, 0.05) is 18.2 Å². The molecule has 0 saturated carbocycles. The molecule has 1 amide bonds. The Bertz CT molecular complexity index is 1450. The van der Waals surface area contributed by atoms with Crippen molar-refractivity contribution in [2.24, 2.45) is 0 Å². The molecule has 174 valence electrons. The molecule has 2 N–H and O–H groups in total. The van der Waals surface area contributed by atoms with E-state index >= 15 is 0 Å². The summed E-state index contributed by atoms with van der Waals surface area (Å²) in [6.45, 7) is 0.462. The third-order valence-electron chi connectivity index (χ3n) is 5.80. The Morgan fingerprint density at radius 2 is 1.79 bits per heavy atom. The maximum atomic E-state index is 14.3. The Morgan fingerprint density at radius 1 is 1.09 bits per heavy atom. The highest BCUT2D eigenvalue weighted by Gasteiger charge is 2.16. The van der Waals surface area contributed by atoms with Crippen LogP contribution in [0.3, 0.4) is 0 Å². The van der Waals surface area contributed by atoms with E-state index in [1.807, 2.05) is 32.3 Å². The lowest BCUT2D eigenvalue weighted by molar-refractivity contribution is 0.0942. The number of hydrogen-bond donors (Lipinski definition) is 2. The number of carbonyl (C=O) groups is 1. The molecule has 8 heteroatoms. The highest BCUT2D eigenvalue weighted by molar-refractivity contribution is 7.71. The van der Waals surface area contributed by atoms with Gasteiger partial charge in [0.2, 0.25) is 0 Å². The van der Waals surface area contributed by atoms with Crippen molar-refractivity contribution in [2.75, 3.05) is 20.6 Å². The molecule has 4 aromatic rings. The van der Waals surface area contributed by atoms with Gasteiger partial charge in [-0.05, 0) is 68.6 Å². The second kappa shape index (κ2) is 10.1. The number of fused-ring (bicyclic) bond motifs is 1. The van der Waals surface area contributed by atoms with Gasteiger partial charge >= 0.3 is 0 Å². The van der Waals surface area contributed by atoms with Crippen molar-refractivity contribution in [2.45, 2.75) is 12.5 Å². The summed E-state index contributed by atoms with van der Waals surface area (Å²) in [5.41, 5.74) is 1.64. The summed E-state index contributed by atoms with van der Waals surface area (Å²) in [6.07, 6.45) is 0.800. The summed E-state index contributed by atoms with van der Waals surface area (Å²) in [5, 5.41) is 3.29. The van der Waals surface area contributed by atoms with Gasteiger partial charge in [-0.3, -0.25) is 9.59 Å². The van der Waals surface area contributed by atoms with Crippen LogP contribution >= 0.6 is 12.2 Å². The maximum Gasteiger partial charge on any atom is 0.266 e. The average Bonchev–Trinajstić information content (AvgIpc) is 2.82. The van der Waals surface area contributed by atoms with Gasteiger partial charge in [-0.25, -0.2) is 8.96 Å². The molecule has 34 heavy (non-hydrogen) atoms. The predicted octanol–water partition coefficient (Wildman–Crippen LogP) is 4.09. The number of nitrogens with one attached hydrogen (secondary N) is 2. The molecular weight excluding hydrogens is 451 g/mol. The topological polar surface area (TPSA) is 70.1 Å². The Kier molecular flexibility index (Phi) is 7.00. The van der Waals surface area contributed by atoms with Gasteiger partial charge in [-0.15, -0.1) is 0 Å². The van der Waals surface area contributed by atoms with E-state index in [1.165, 1.54) is 17.7 Å². The summed E-state index contributed by atoms with van der Waals surface area (Å²) in [4.78, 5) is 31.0. The number of para-hydroxylation sites is 1. The molecule has 0 radical (unpaired) electrons. The van der Waals surface area contributed by atoms with Crippen LogP contribution in [0, 0.1) is 10.6 Å². The first-order chi connectivity index (χ1) is 16.3. The third kappa shape index (κ3) is 4.98. The van der Waals surface area contributed by atoms with E-state index in [2.05, 4.69) is 27.3 Å². The van der Waals surface area contributed by atoms with E-state index < -0.39 is 11.4 Å². The van der Waals surface area contributed by atoms with Crippen molar-refractivity contribution in [1.82, 2.24) is 19.8 Å². The van der Waals surface area contributed by atoms with E-state index in [1.54, 1.807) is 30.3 Å². The average molecular weight is 477 g/mol. The number of H-pyrrole nitrogens is 1.